The van der Waals surface area contributed by atoms with Crippen molar-refractivity contribution in [3.63, 3.8) is 0 Å². The van der Waals surface area contributed by atoms with Crippen molar-refractivity contribution >= 4 is 11.9 Å². The van der Waals surface area contributed by atoms with Crippen molar-refractivity contribution < 1.29 is 9.53 Å². The predicted octanol–water partition coefficient (Wildman–Crippen LogP) is 5.33. The van der Waals surface area contributed by atoms with Gasteiger partial charge in [0.25, 0.3) is 0 Å². The normalized spacial score (nSPS) is 20.0. The second-order valence-electron chi connectivity index (χ2n) is 8.63. The topological polar surface area (TPSA) is 42.4 Å². The maximum Gasteiger partial charge on any atom is 0.167 e. The summed E-state index contributed by atoms with van der Waals surface area (Å²) in [6, 6.07) is 24.1. The number of hydrogen-bond acceptors (Lipinski definition) is 4. The van der Waals surface area contributed by atoms with Crippen LogP contribution in [0.4, 0.5) is 0 Å². The average Bonchev–Trinajstić information content (AvgIpc) is 2.79. The Hall–Kier alpha value is -3.24. The van der Waals surface area contributed by atoms with E-state index < -0.39 is 5.41 Å². The number of likely N-dealkylation sites (tertiary alicyclic amines) is 1. The van der Waals surface area contributed by atoms with Gasteiger partial charge in [0.05, 0.1) is 18.8 Å². The van der Waals surface area contributed by atoms with Crippen LogP contribution in [0.1, 0.15) is 36.7 Å². The third-order valence-corrected chi connectivity index (χ3v) is 5.79. The number of nitrogens with zero attached hydrogens (tertiary/aromatic N) is 2. The van der Waals surface area contributed by atoms with Gasteiger partial charge in [0.2, 0.25) is 0 Å². The summed E-state index contributed by atoms with van der Waals surface area (Å²) in [5.41, 5.74) is 3.40. The number of aromatic nitrogens is 1. The van der Waals surface area contributed by atoms with Crippen LogP contribution in [-0.4, -0.2) is 29.3 Å². The average molecular weight is 413 g/mol. The van der Waals surface area contributed by atoms with Crippen LogP contribution in [-0.2, 0) is 11.3 Å². The summed E-state index contributed by atoms with van der Waals surface area (Å²) < 4.78 is 5.31. The van der Waals surface area contributed by atoms with Gasteiger partial charge in [0.1, 0.15) is 5.75 Å². The second kappa shape index (κ2) is 8.86. The Bertz CT molecular complexity index is 1060. The van der Waals surface area contributed by atoms with Gasteiger partial charge in [-0.25, -0.2) is 0 Å². The Morgan fingerprint density at radius 1 is 1.03 bits per heavy atom. The van der Waals surface area contributed by atoms with Gasteiger partial charge in [-0.2, -0.15) is 0 Å². The summed E-state index contributed by atoms with van der Waals surface area (Å²) >= 11 is 0. The molecule has 0 saturated carbocycles. The fourth-order valence-electron chi connectivity index (χ4n) is 4.29. The van der Waals surface area contributed by atoms with Crippen molar-refractivity contribution in [3.05, 3.63) is 101 Å². The number of ether oxygens (including phenoxy) is 1. The van der Waals surface area contributed by atoms with E-state index >= 15 is 0 Å². The molecule has 31 heavy (non-hydrogen) atoms. The Morgan fingerprint density at radius 2 is 1.74 bits per heavy atom. The number of carbonyl (C=O) groups is 1. The summed E-state index contributed by atoms with van der Waals surface area (Å²) in [6.45, 7) is 5.48. The first kappa shape index (κ1) is 21.0. The lowest BCUT2D eigenvalue weighted by molar-refractivity contribution is -0.128. The zero-order valence-corrected chi connectivity index (χ0v) is 18.3. The van der Waals surface area contributed by atoms with E-state index in [1.807, 2.05) is 68.5 Å². The van der Waals surface area contributed by atoms with E-state index in [1.54, 1.807) is 13.3 Å². The number of ketones is 1. The van der Waals surface area contributed by atoms with E-state index in [0.29, 0.717) is 6.54 Å². The molecule has 4 heteroatoms. The molecule has 1 fully saturated rings. The van der Waals surface area contributed by atoms with E-state index in [4.69, 9.17) is 4.74 Å². The van der Waals surface area contributed by atoms with E-state index in [-0.39, 0.29) is 11.8 Å². The highest BCUT2D eigenvalue weighted by Gasteiger charge is 2.43. The number of hydrogen-bond donors (Lipinski definition) is 0. The van der Waals surface area contributed by atoms with Crippen molar-refractivity contribution in [2.24, 2.45) is 5.41 Å². The predicted molar refractivity (Wildman–Crippen MR) is 124 cm³/mol. The standard InChI is InChI=1S/C27H28N2O2/c1-27(2)19-29(18-20-12-14-23(31-3)15-13-20)25(21-9-5-4-6-10-21)24(26(27)30)17-22-11-7-8-16-28-22/h4-17,25H,18-19H2,1-3H3. The molecule has 158 valence electrons. The maximum atomic E-state index is 13.6. The molecule has 0 radical (unpaired) electrons. The summed E-state index contributed by atoms with van der Waals surface area (Å²) in [4.78, 5) is 20.4. The monoisotopic (exact) mass is 412 g/mol. The van der Waals surface area contributed by atoms with Gasteiger partial charge in [-0.15, -0.1) is 0 Å². The van der Waals surface area contributed by atoms with Crippen LogP contribution in [0, 0.1) is 5.41 Å². The van der Waals surface area contributed by atoms with Crippen LogP contribution in [0.3, 0.4) is 0 Å². The SMILES string of the molecule is COc1ccc(CN2CC(C)(C)C(=O)C(=Cc3ccccn3)C2c2ccccc2)cc1. The highest BCUT2D eigenvalue weighted by molar-refractivity contribution is 6.05. The minimum atomic E-state index is -0.488. The lowest BCUT2D eigenvalue weighted by Crippen LogP contribution is -2.49. The van der Waals surface area contributed by atoms with Crippen molar-refractivity contribution in [2.45, 2.75) is 26.4 Å². The summed E-state index contributed by atoms with van der Waals surface area (Å²) in [5.74, 6) is 1.02. The van der Waals surface area contributed by atoms with Crippen LogP contribution in [0.25, 0.3) is 6.08 Å². The Kier molecular flexibility index (Phi) is 6.01. The number of rotatable bonds is 5. The Morgan fingerprint density at radius 3 is 2.39 bits per heavy atom. The van der Waals surface area contributed by atoms with E-state index in [0.717, 1.165) is 29.1 Å². The largest absolute Gasteiger partial charge is 0.497 e. The fourth-order valence-corrected chi connectivity index (χ4v) is 4.29. The van der Waals surface area contributed by atoms with Gasteiger partial charge in [0, 0.05) is 30.3 Å². The number of methoxy groups -OCH3 is 1. The van der Waals surface area contributed by atoms with Crippen LogP contribution >= 0.6 is 0 Å². The first-order valence-electron chi connectivity index (χ1n) is 10.6. The number of pyridine rings is 1. The molecule has 1 aliphatic rings. The minimum absolute atomic E-state index is 0.133. The summed E-state index contributed by atoms with van der Waals surface area (Å²) in [5, 5.41) is 0. The molecule has 2 aromatic carbocycles. The molecule has 0 amide bonds. The second-order valence-corrected chi connectivity index (χ2v) is 8.63. The molecule has 1 saturated heterocycles. The maximum absolute atomic E-state index is 13.6. The molecule has 1 aromatic heterocycles. The number of piperidine rings is 1. The number of benzene rings is 2. The summed E-state index contributed by atoms with van der Waals surface area (Å²) in [7, 11) is 1.67. The summed E-state index contributed by atoms with van der Waals surface area (Å²) in [6.07, 6.45) is 3.72. The van der Waals surface area contributed by atoms with Crippen molar-refractivity contribution in [1.29, 1.82) is 0 Å². The quantitative estimate of drug-likeness (QED) is 0.532. The molecule has 1 atom stereocenters. The third kappa shape index (κ3) is 4.59. The van der Waals surface area contributed by atoms with Gasteiger partial charge < -0.3 is 4.74 Å². The molecule has 4 rings (SSSR count). The van der Waals surface area contributed by atoms with Gasteiger partial charge in [0.15, 0.2) is 5.78 Å². The lowest BCUT2D eigenvalue weighted by Gasteiger charge is -2.44. The van der Waals surface area contributed by atoms with Crippen LogP contribution in [0.15, 0.2) is 84.6 Å². The van der Waals surface area contributed by atoms with E-state index in [9.17, 15) is 4.79 Å². The first-order chi connectivity index (χ1) is 15.0. The molecule has 1 aliphatic heterocycles. The lowest BCUT2D eigenvalue weighted by atomic mass is 9.74. The Labute approximate surface area is 184 Å². The van der Waals surface area contributed by atoms with Gasteiger partial charge >= 0.3 is 0 Å². The number of carbonyl (C=O) groups excluding carboxylic acids is 1. The molecule has 3 aromatic rings. The van der Waals surface area contributed by atoms with Crippen LogP contribution in [0.5, 0.6) is 5.75 Å². The van der Waals surface area contributed by atoms with Gasteiger partial charge in [-0.1, -0.05) is 62.4 Å². The smallest absolute Gasteiger partial charge is 0.167 e. The number of Topliss-reactive ketones (excluding diaryl/α,β-unsaturated/α-hetero) is 1. The highest BCUT2D eigenvalue weighted by atomic mass is 16.5. The van der Waals surface area contributed by atoms with Crippen molar-refractivity contribution in [3.8, 4) is 5.75 Å². The molecule has 4 nitrogen and oxygen atoms in total. The molecule has 0 aliphatic carbocycles. The molecular formula is C27H28N2O2. The molecule has 1 unspecified atom stereocenters. The zero-order valence-electron chi connectivity index (χ0n) is 18.3. The molecule has 2 heterocycles. The fraction of sp³-hybridized carbons (Fsp3) is 0.259. The third-order valence-electron chi connectivity index (χ3n) is 5.79. The van der Waals surface area contributed by atoms with Crippen LogP contribution < -0.4 is 4.74 Å². The van der Waals surface area contributed by atoms with E-state index in [1.165, 1.54) is 5.56 Å². The molecule has 0 N–H and O–H groups in total. The zero-order chi connectivity index (χ0) is 21.8. The molecule has 0 bridgehead atoms. The highest BCUT2D eigenvalue weighted by Crippen LogP contribution is 2.42. The molecule has 0 spiro atoms. The Balaban J connectivity index is 1.79. The minimum Gasteiger partial charge on any atom is -0.497 e. The van der Waals surface area contributed by atoms with Crippen molar-refractivity contribution in [1.82, 2.24) is 9.88 Å². The van der Waals surface area contributed by atoms with Gasteiger partial charge in [-0.3, -0.25) is 14.7 Å². The molecular weight excluding hydrogens is 384 g/mol. The first-order valence-corrected chi connectivity index (χ1v) is 10.6. The van der Waals surface area contributed by atoms with Gasteiger partial charge in [-0.05, 0) is 41.5 Å². The van der Waals surface area contributed by atoms with Crippen molar-refractivity contribution in [2.75, 3.05) is 13.7 Å². The van der Waals surface area contributed by atoms with Crippen LogP contribution in [0.2, 0.25) is 0 Å². The van der Waals surface area contributed by atoms with E-state index in [2.05, 4.69) is 34.1 Å².